The first-order valence-electron chi connectivity index (χ1n) is 5.90. The summed E-state index contributed by atoms with van der Waals surface area (Å²) in [5.41, 5.74) is 1.23. The average molecular weight is 370 g/mol. The van der Waals surface area contributed by atoms with Crippen LogP contribution in [0.4, 0.5) is 11.4 Å². The van der Waals surface area contributed by atoms with Crippen LogP contribution in [0.25, 0.3) is 0 Å². The van der Waals surface area contributed by atoms with E-state index in [1.54, 1.807) is 31.2 Å². The molecule has 0 fully saturated rings. The van der Waals surface area contributed by atoms with Crippen molar-refractivity contribution in [2.45, 2.75) is 6.92 Å². The lowest BCUT2D eigenvalue weighted by atomic mass is 10.1. The first-order chi connectivity index (χ1) is 9.88. The molecule has 2 aromatic carbocycles. The first kappa shape index (κ1) is 15.5. The molecule has 0 spiro atoms. The minimum atomic E-state index is -0.529. The first-order valence-corrected chi connectivity index (χ1v) is 7.07. The third-order valence-corrected chi connectivity index (χ3v) is 4.13. The van der Waals surface area contributed by atoms with Crippen molar-refractivity contribution in [2.24, 2.45) is 0 Å². The van der Waals surface area contributed by atoms with Crippen LogP contribution in [0.5, 0.6) is 0 Å². The van der Waals surface area contributed by atoms with E-state index in [0.29, 0.717) is 20.7 Å². The van der Waals surface area contributed by atoms with Crippen molar-refractivity contribution in [3.63, 3.8) is 0 Å². The van der Waals surface area contributed by atoms with Gasteiger partial charge in [-0.15, -0.1) is 0 Å². The number of hydrogen-bond donors (Lipinski definition) is 1. The van der Waals surface area contributed by atoms with Crippen molar-refractivity contribution in [2.75, 3.05) is 5.32 Å². The molecule has 2 rings (SSSR count). The van der Waals surface area contributed by atoms with Gasteiger partial charge in [0.1, 0.15) is 0 Å². The van der Waals surface area contributed by atoms with E-state index < -0.39 is 10.8 Å². The van der Waals surface area contributed by atoms with Crippen molar-refractivity contribution in [1.82, 2.24) is 0 Å². The van der Waals surface area contributed by atoms with Gasteiger partial charge in [0, 0.05) is 17.7 Å². The van der Waals surface area contributed by atoms with Crippen LogP contribution in [-0.4, -0.2) is 10.8 Å². The van der Waals surface area contributed by atoms with Crippen molar-refractivity contribution < 1.29 is 9.72 Å². The van der Waals surface area contributed by atoms with E-state index in [-0.39, 0.29) is 11.3 Å². The molecule has 0 aliphatic carbocycles. The van der Waals surface area contributed by atoms with Gasteiger partial charge < -0.3 is 5.32 Å². The zero-order chi connectivity index (χ0) is 15.6. The summed E-state index contributed by atoms with van der Waals surface area (Å²) in [5, 5.41) is 14.0. The molecule has 0 aliphatic heterocycles. The Morgan fingerprint density at radius 3 is 2.71 bits per heavy atom. The van der Waals surface area contributed by atoms with Gasteiger partial charge in [0.25, 0.3) is 11.6 Å². The Hall–Kier alpha value is -1.92. The standard InChI is InChI=1S/C14H10BrClN2O3/c1-8-5-9(7-10(6-8)18(20)21)14(19)17-12-4-2-3-11(16)13(12)15/h2-7H,1H3,(H,17,19). The largest absolute Gasteiger partial charge is 0.321 e. The highest BCUT2D eigenvalue weighted by atomic mass is 79.9. The summed E-state index contributed by atoms with van der Waals surface area (Å²) < 4.78 is 0.558. The number of carbonyl (C=O) groups excluding carboxylic acids is 1. The zero-order valence-corrected chi connectivity index (χ0v) is 13.2. The molecule has 1 N–H and O–H groups in total. The molecule has 5 nitrogen and oxygen atoms in total. The summed E-state index contributed by atoms with van der Waals surface area (Å²) in [4.78, 5) is 22.5. The summed E-state index contributed by atoms with van der Waals surface area (Å²) in [5.74, 6) is -0.440. The molecular formula is C14H10BrClN2O3. The number of carbonyl (C=O) groups is 1. The fourth-order valence-electron chi connectivity index (χ4n) is 1.79. The van der Waals surface area contributed by atoms with Crippen LogP contribution in [0.2, 0.25) is 5.02 Å². The minimum Gasteiger partial charge on any atom is -0.321 e. The number of hydrogen-bond acceptors (Lipinski definition) is 3. The molecular weight excluding hydrogens is 360 g/mol. The number of halogens is 2. The number of nitro groups is 1. The third kappa shape index (κ3) is 3.59. The third-order valence-electron chi connectivity index (χ3n) is 2.73. The smallest absolute Gasteiger partial charge is 0.270 e. The predicted octanol–water partition coefficient (Wildman–Crippen LogP) is 4.57. The van der Waals surface area contributed by atoms with Crippen LogP contribution >= 0.6 is 27.5 Å². The molecule has 0 aliphatic rings. The number of amides is 1. The van der Waals surface area contributed by atoms with Crippen LogP contribution < -0.4 is 5.32 Å². The minimum absolute atomic E-state index is 0.120. The van der Waals surface area contributed by atoms with E-state index in [0.717, 1.165) is 0 Å². The second kappa shape index (κ2) is 6.24. The molecule has 0 atom stereocenters. The Kier molecular flexibility index (Phi) is 4.59. The van der Waals surface area contributed by atoms with Gasteiger partial charge in [-0.3, -0.25) is 14.9 Å². The van der Waals surface area contributed by atoms with E-state index in [1.165, 1.54) is 12.1 Å². The van der Waals surface area contributed by atoms with Crippen molar-refractivity contribution in [1.29, 1.82) is 0 Å². The Morgan fingerprint density at radius 1 is 1.33 bits per heavy atom. The van der Waals surface area contributed by atoms with Gasteiger partial charge >= 0.3 is 0 Å². The highest BCUT2D eigenvalue weighted by Crippen LogP contribution is 2.30. The van der Waals surface area contributed by atoms with E-state index in [9.17, 15) is 14.9 Å². The highest BCUT2D eigenvalue weighted by molar-refractivity contribution is 9.10. The number of anilines is 1. The van der Waals surface area contributed by atoms with E-state index >= 15 is 0 Å². The quantitative estimate of drug-likeness (QED) is 0.636. The molecule has 7 heteroatoms. The monoisotopic (exact) mass is 368 g/mol. The number of rotatable bonds is 3. The maximum atomic E-state index is 12.2. The number of nitro benzene ring substituents is 1. The van der Waals surface area contributed by atoms with E-state index in [2.05, 4.69) is 21.2 Å². The molecule has 0 unspecified atom stereocenters. The van der Waals surface area contributed by atoms with Crippen LogP contribution in [0.1, 0.15) is 15.9 Å². The van der Waals surface area contributed by atoms with E-state index in [1.807, 2.05) is 0 Å². The van der Waals surface area contributed by atoms with Crippen LogP contribution in [0.3, 0.4) is 0 Å². The molecule has 21 heavy (non-hydrogen) atoms. The van der Waals surface area contributed by atoms with Crippen LogP contribution in [0, 0.1) is 17.0 Å². The number of nitrogens with one attached hydrogen (secondary N) is 1. The van der Waals surface area contributed by atoms with Gasteiger partial charge in [-0.1, -0.05) is 17.7 Å². The van der Waals surface area contributed by atoms with Gasteiger partial charge in [-0.2, -0.15) is 0 Å². The summed E-state index contributed by atoms with van der Waals surface area (Å²) in [6.45, 7) is 1.69. The fraction of sp³-hybridized carbons (Fsp3) is 0.0714. The Morgan fingerprint density at radius 2 is 2.05 bits per heavy atom. The molecule has 0 saturated heterocycles. The zero-order valence-electron chi connectivity index (χ0n) is 10.9. The molecule has 1 amide bonds. The van der Waals surface area contributed by atoms with Crippen molar-refractivity contribution in [3.05, 3.63) is 67.1 Å². The van der Waals surface area contributed by atoms with Gasteiger partial charge in [0.2, 0.25) is 0 Å². The molecule has 0 bridgehead atoms. The maximum absolute atomic E-state index is 12.2. The molecule has 108 valence electrons. The normalized spacial score (nSPS) is 10.2. The van der Waals surface area contributed by atoms with Gasteiger partial charge in [0.05, 0.1) is 20.1 Å². The maximum Gasteiger partial charge on any atom is 0.270 e. The summed E-state index contributed by atoms with van der Waals surface area (Å²) in [7, 11) is 0. The Labute approximate surface area is 134 Å². The molecule has 0 heterocycles. The lowest BCUT2D eigenvalue weighted by Gasteiger charge is -2.09. The second-order valence-corrected chi connectivity index (χ2v) is 5.57. The number of nitrogens with zero attached hydrogens (tertiary/aromatic N) is 1. The second-order valence-electron chi connectivity index (χ2n) is 4.37. The molecule has 2 aromatic rings. The lowest BCUT2D eigenvalue weighted by Crippen LogP contribution is -2.13. The van der Waals surface area contributed by atoms with Crippen LogP contribution in [0.15, 0.2) is 40.9 Å². The van der Waals surface area contributed by atoms with Gasteiger partial charge in [-0.25, -0.2) is 0 Å². The van der Waals surface area contributed by atoms with Crippen molar-refractivity contribution >= 4 is 44.8 Å². The average Bonchev–Trinajstić information content (AvgIpc) is 2.43. The number of non-ortho nitro benzene ring substituents is 1. The fourth-order valence-corrected chi connectivity index (χ4v) is 2.33. The molecule has 0 radical (unpaired) electrons. The Balaban J connectivity index is 2.32. The Bertz CT molecular complexity index is 734. The number of benzene rings is 2. The topological polar surface area (TPSA) is 72.2 Å². The number of aryl methyl sites for hydroxylation is 1. The van der Waals surface area contributed by atoms with Gasteiger partial charge in [0.15, 0.2) is 0 Å². The van der Waals surface area contributed by atoms with Gasteiger partial charge in [-0.05, 0) is 46.6 Å². The molecule has 0 aromatic heterocycles. The summed E-state index contributed by atoms with van der Waals surface area (Å²) in [6.07, 6.45) is 0. The SMILES string of the molecule is Cc1cc(C(=O)Nc2cccc(Cl)c2Br)cc([N+](=O)[O-])c1. The highest BCUT2D eigenvalue weighted by Gasteiger charge is 2.14. The summed E-state index contributed by atoms with van der Waals surface area (Å²) in [6, 6.07) is 9.28. The van der Waals surface area contributed by atoms with Crippen LogP contribution in [-0.2, 0) is 0 Å². The predicted molar refractivity (Wildman–Crippen MR) is 84.9 cm³/mol. The van der Waals surface area contributed by atoms with Crippen molar-refractivity contribution in [3.8, 4) is 0 Å². The lowest BCUT2D eigenvalue weighted by molar-refractivity contribution is -0.384. The molecule has 0 saturated carbocycles. The summed E-state index contributed by atoms with van der Waals surface area (Å²) >= 11 is 9.23. The van der Waals surface area contributed by atoms with E-state index in [4.69, 9.17) is 11.6 Å².